The van der Waals surface area contributed by atoms with Crippen LogP contribution in [0.15, 0.2) is 12.1 Å². The summed E-state index contributed by atoms with van der Waals surface area (Å²) in [5.41, 5.74) is 4.85. The third kappa shape index (κ3) is 1.65. The molecule has 0 atom stereocenters. The zero-order valence-corrected chi connectivity index (χ0v) is 6.10. The minimum absolute atomic E-state index is 0.105. The SMILES string of the molecule is Nc1ccc(C(=O)Cl)nc1F. The Morgan fingerprint density at radius 2 is 2.27 bits per heavy atom. The molecule has 1 aromatic heterocycles. The number of nitrogens with zero attached hydrogens (tertiary/aromatic N) is 1. The van der Waals surface area contributed by atoms with Crippen molar-refractivity contribution in [3.05, 3.63) is 23.8 Å². The highest BCUT2D eigenvalue weighted by Crippen LogP contribution is 2.08. The van der Waals surface area contributed by atoms with E-state index < -0.39 is 11.2 Å². The van der Waals surface area contributed by atoms with Crippen LogP contribution in [-0.2, 0) is 0 Å². The van der Waals surface area contributed by atoms with Gasteiger partial charge in [0.2, 0.25) is 5.95 Å². The van der Waals surface area contributed by atoms with Gasteiger partial charge in [-0.1, -0.05) is 0 Å². The maximum absolute atomic E-state index is 12.5. The number of anilines is 1. The molecule has 0 fully saturated rings. The fourth-order valence-corrected chi connectivity index (χ4v) is 0.660. The monoisotopic (exact) mass is 174 g/mol. The van der Waals surface area contributed by atoms with Gasteiger partial charge in [-0.05, 0) is 23.7 Å². The Balaban J connectivity index is 3.15. The summed E-state index contributed by atoms with van der Waals surface area (Å²) in [5, 5.41) is -0.802. The summed E-state index contributed by atoms with van der Waals surface area (Å²) in [4.78, 5) is 13.6. The summed E-state index contributed by atoms with van der Waals surface area (Å²) in [6.07, 6.45) is 0. The number of nitrogens with two attached hydrogens (primary N) is 1. The average molecular weight is 175 g/mol. The van der Waals surface area contributed by atoms with Gasteiger partial charge >= 0.3 is 0 Å². The van der Waals surface area contributed by atoms with Crippen LogP contribution in [0.1, 0.15) is 10.5 Å². The fraction of sp³-hybridized carbons (Fsp3) is 0. The van der Waals surface area contributed by atoms with E-state index in [2.05, 4.69) is 4.98 Å². The molecule has 5 heteroatoms. The Morgan fingerprint density at radius 3 is 2.73 bits per heavy atom. The van der Waals surface area contributed by atoms with E-state index in [0.29, 0.717) is 0 Å². The standard InChI is InChI=1S/C6H4ClFN2O/c7-5(11)4-2-1-3(9)6(8)10-4/h1-2H,9H2. The summed E-state index contributed by atoms with van der Waals surface area (Å²) in [7, 11) is 0. The van der Waals surface area contributed by atoms with Crippen LogP contribution in [0, 0.1) is 5.95 Å². The molecule has 0 aliphatic carbocycles. The summed E-state index contributed by atoms with van der Waals surface area (Å²) in [6.45, 7) is 0. The van der Waals surface area contributed by atoms with Crippen molar-refractivity contribution in [1.82, 2.24) is 4.98 Å². The van der Waals surface area contributed by atoms with Crippen LogP contribution < -0.4 is 5.73 Å². The summed E-state index contributed by atoms with van der Waals surface area (Å²) >= 11 is 5.02. The van der Waals surface area contributed by atoms with Crippen LogP contribution in [0.4, 0.5) is 10.1 Å². The summed E-state index contributed by atoms with van der Waals surface area (Å²) in [5.74, 6) is -0.878. The highest BCUT2D eigenvalue weighted by Gasteiger charge is 2.06. The maximum Gasteiger partial charge on any atom is 0.270 e. The molecule has 1 rings (SSSR count). The first-order valence-corrected chi connectivity index (χ1v) is 3.11. The predicted octanol–water partition coefficient (Wildman–Crippen LogP) is 1.18. The largest absolute Gasteiger partial charge is 0.395 e. The Labute approximate surface area is 67.0 Å². The molecule has 0 aromatic carbocycles. The zero-order valence-electron chi connectivity index (χ0n) is 5.34. The van der Waals surface area contributed by atoms with Gasteiger partial charge in [-0.15, -0.1) is 0 Å². The third-order valence-electron chi connectivity index (χ3n) is 1.08. The predicted molar refractivity (Wildman–Crippen MR) is 38.8 cm³/mol. The smallest absolute Gasteiger partial charge is 0.270 e. The third-order valence-corrected chi connectivity index (χ3v) is 1.27. The number of carbonyl (C=O) groups excluding carboxylic acids is 1. The lowest BCUT2D eigenvalue weighted by molar-refractivity contribution is 0.107. The van der Waals surface area contributed by atoms with E-state index in [-0.39, 0.29) is 11.4 Å². The highest BCUT2D eigenvalue weighted by molar-refractivity contribution is 6.67. The Morgan fingerprint density at radius 1 is 1.64 bits per heavy atom. The minimum atomic E-state index is -0.878. The first-order valence-electron chi connectivity index (χ1n) is 2.73. The number of hydrogen-bond acceptors (Lipinski definition) is 3. The van der Waals surface area contributed by atoms with E-state index in [9.17, 15) is 9.18 Å². The molecular weight excluding hydrogens is 171 g/mol. The summed E-state index contributed by atoms with van der Waals surface area (Å²) in [6, 6.07) is 2.49. The Bertz CT molecular complexity index is 303. The second-order valence-electron chi connectivity index (χ2n) is 1.85. The molecule has 3 nitrogen and oxygen atoms in total. The molecule has 0 saturated heterocycles. The number of halogens is 2. The van der Waals surface area contributed by atoms with Crippen molar-refractivity contribution in [2.24, 2.45) is 0 Å². The topological polar surface area (TPSA) is 56.0 Å². The van der Waals surface area contributed by atoms with E-state index in [1.807, 2.05) is 0 Å². The molecule has 0 saturated carbocycles. The molecular formula is C6H4ClFN2O. The van der Waals surface area contributed by atoms with Crippen LogP contribution in [-0.4, -0.2) is 10.2 Å². The molecule has 0 unspecified atom stereocenters. The molecule has 2 N–H and O–H groups in total. The summed E-state index contributed by atoms with van der Waals surface area (Å²) < 4.78 is 12.5. The quantitative estimate of drug-likeness (QED) is 0.514. The van der Waals surface area contributed by atoms with Crippen molar-refractivity contribution in [2.45, 2.75) is 0 Å². The number of aromatic nitrogens is 1. The van der Waals surface area contributed by atoms with Gasteiger partial charge in [-0.2, -0.15) is 4.39 Å². The van der Waals surface area contributed by atoms with Crippen molar-refractivity contribution in [2.75, 3.05) is 5.73 Å². The fourth-order valence-electron chi connectivity index (χ4n) is 0.555. The van der Waals surface area contributed by atoms with E-state index in [1.165, 1.54) is 12.1 Å². The van der Waals surface area contributed by atoms with E-state index in [1.54, 1.807) is 0 Å². The first-order chi connectivity index (χ1) is 5.11. The lowest BCUT2D eigenvalue weighted by atomic mass is 10.3. The Hall–Kier alpha value is -1.16. The van der Waals surface area contributed by atoms with Crippen molar-refractivity contribution < 1.29 is 9.18 Å². The molecule has 11 heavy (non-hydrogen) atoms. The van der Waals surface area contributed by atoms with Crippen LogP contribution >= 0.6 is 11.6 Å². The lowest BCUT2D eigenvalue weighted by Gasteiger charge is -1.95. The van der Waals surface area contributed by atoms with Crippen LogP contribution in [0.5, 0.6) is 0 Å². The van der Waals surface area contributed by atoms with Crippen molar-refractivity contribution >= 4 is 22.5 Å². The van der Waals surface area contributed by atoms with E-state index in [0.717, 1.165) is 0 Å². The van der Waals surface area contributed by atoms with Gasteiger partial charge in [0, 0.05) is 0 Å². The molecule has 1 aromatic rings. The molecule has 1 heterocycles. The molecule has 58 valence electrons. The molecule has 0 amide bonds. The lowest BCUT2D eigenvalue weighted by Crippen LogP contribution is -2.00. The van der Waals surface area contributed by atoms with Gasteiger partial charge in [0.1, 0.15) is 5.69 Å². The first kappa shape index (κ1) is 7.94. The van der Waals surface area contributed by atoms with Crippen molar-refractivity contribution in [1.29, 1.82) is 0 Å². The number of nitrogen functional groups attached to an aromatic ring is 1. The van der Waals surface area contributed by atoms with Crippen LogP contribution in [0.25, 0.3) is 0 Å². The van der Waals surface area contributed by atoms with Gasteiger partial charge in [-0.25, -0.2) is 4.98 Å². The van der Waals surface area contributed by atoms with Crippen LogP contribution in [0.3, 0.4) is 0 Å². The van der Waals surface area contributed by atoms with Gasteiger partial charge in [0.05, 0.1) is 5.69 Å². The maximum atomic E-state index is 12.5. The van der Waals surface area contributed by atoms with Crippen LogP contribution in [0.2, 0.25) is 0 Å². The van der Waals surface area contributed by atoms with Crippen molar-refractivity contribution in [3.8, 4) is 0 Å². The van der Waals surface area contributed by atoms with Gasteiger partial charge < -0.3 is 5.73 Å². The normalized spacial score (nSPS) is 9.64. The Kier molecular flexibility index (Phi) is 2.05. The van der Waals surface area contributed by atoms with Gasteiger partial charge in [0.25, 0.3) is 5.24 Å². The average Bonchev–Trinajstić information content (AvgIpc) is 1.94. The second-order valence-corrected chi connectivity index (χ2v) is 2.19. The number of hydrogen-bond donors (Lipinski definition) is 1. The van der Waals surface area contributed by atoms with Crippen molar-refractivity contribution in [3.63, 3.8) is 0 Å². The molecule has 0 spiro atoms. The van der Waals surface area contributed by atoms with E-state index >= 15 is 0 Å². The number of rotatable bonds is 1. The van der Waals surface area contributed by atoms with E-state index in [4.69, 9.17) is 17.3 Å². The zero-order chi connectivity index (χ0) is 8.43. The molecule has 0 aliphatic rings. The van der Waals surface area contributed by atoms with Gasteiger partial charge in [-0.3, -0.25) is 4.79 Å². The number of carbonyl (C=O) groups is 1. The molecule has 0 radical (unpaired) electrons. The molecule has 0 aliphatic heterocycles. The highest BCUT2D eigenvalue weighted by atomic mass is 35.5. The minimum Gasteiger partial charge on any atom is -0.395 e. The number of pyridine rings is 1. The second kappa shape index (κ2) is 2.84. The van der Waals surface area contributed by atoms with Gasteiger partial charge in [0.15, 0.2) is 0 Å². The molecule has 0 bridgehead atoms.